The quantitative estimate of drug-likeness (QED) is 0.895. The van der Waals surface area contributed by atoms with Crippen molar-refractivity contribution in [1.82, 2.24) is 15.1 Å². The summed E-state index contributed by atoms with van der Waals surface area (Å²) in [5, 5.41) is 4.12. The maximum Gasteiger partial charge on any atom is 0.260 e. The Kier molecular flexibility index (Phi) is 3.19. The molecule has 2 heterocycles. The number of rotatable bonds is 2. The third kappa shape index (κ3) is 2.45. The maximum atomic E-state index is 5.87. The van der Waals surface area contributed by atoms with Crippen LogP contribution in [0.1, 0.15) is 44.3 Å². The summed E-state index contributed by atoms with van der Waals surface area (Å²) in [6.07, 6.45) is 8.05. The summed E-state index contributed by atoms with van der Waals surface area (Å²) >= 11 is 0. The van der Waals surface area contributed by atoms with Crippen LogP contribution in [0.25, 0.3) is 11.5 Å². The molecule has 0 spiro atoms. The zero-order valence-corrected chi connectivity index (χ0v) is 11.0. The normalized spacial score (nSPS) is 23.4. The van der Waals surface area contributed by atoms with E-state index >= 15 is 0 Å². The van der Waals surface area contributed by atoms with Crippen molar-refractivity contribution in [2.45, 2.75) is 38.5 Å². The van der Waals surface area contributed by atoms with Gasteiger partial charge in [-0.15, -0.1) is 0 Å². The Labute approximate surface area is 112 Å². The fraction of sp³-hybridized carbons (Fsp3) is 0.500. The second kappa shape index (κ2) is 4.99. The van der Waals surface area contributed by atoms with Gasteiger partial charge < -0.3 is 10.3 Å². The zero-order valence-electron chi connectivity index (χ0n) is 11.0. The first-order valence-corrected chi connectivity index (χ1v) is 6.77. The van der Waals surface area contributed by atoms with Crippen molar-refractivity contribution in [3.8, 4) is 11.5 Å². The van der Waals surface area contributed by atoms with Gasteiger partial charge in [0.15, 0.2) is 5.82 Å². The molecule has 19 heavy (non-hydrogen) atoms. The first-order valence-electron chi connectivity index (χ1n) is 6.77. The van der Waals surface area contributed by atoms with Gasteiger partial charge in [-0.1, -0.05) is 24.9 Å². The van der Waals surface area contributed by atoms with E-state index in [4.69, 9.17) is 10.3 Å². The van der Waals surface area contributed by atoms with Gasteiger partial charge in [0, 0.05) is 12.1 Å². The van der Waals surface area contributed by atoms with Crippen LogP contribution in [-0.4, -0.2) is 15.1 Å². The van der Waals surface area contributed by atoms with E-state index in [2.05, 4.69) is 22.0 Å². The van der Waals surface area contributed by atoms with Crippen LogP contribution < -0.4 is 5.73 Å². The van der Waals surface area contributed by atoms with Gasteiger partial charge in [-0.05, 0) is 24.8 Å². The van der Waals surface area contributed by atoms with Gasteiger partial charge in [0.05, 0.1) is 17.4 Å². The Bertz CT molecular complexity index is 558. The predicted molar refractivity (Wildman–Crippen MR) is 72.3 cm³/mol. The number of nitrogens with zero attached hydrogens (tertiary/aromatic N) is 3. The molecule has 0 saturated heterocycles. The van der Waals surface area contributed by atoms with Crippen molar-refractivity contribution >= 4 is 5.69 Å². The molecule has 5 heteroatoms. The van der Waals surface area contributed by atoms with Gasteiger partial charge >= 0.3 is 0 Å². The number of hydrogen-bond donors (Lipinski definition) is 1. The highest BCUT2D eigenvalue weighted by Gasteiger charge is 2.24. The highest BCUT2D eigenvalue weighted by molar-refractivity contribution is 5.68. The van der Waals surface area contributed by atoms with Crippen molar-refractivity contribution in [3.05, 3.63) is 24.3 Å². The average Bonchev–Trinajstić information content (AvgIpc) is 2.89. The Hall–Kier alpha value is -1.91. The van der Waals surface area contributed by atoms with E-state index in [9.17, 15) is 0 Å². The molecule has 5 nitrogen and oxygen atoms in total. The molecule has 2 aromatic rings. The van der Waals surface area contributed by atoms with E-state index in [0.717, 1.165) is 30.1 Å². The Morgan fingerprint density at radius 3 is 2.79 bits per heavy atom. The van der Waals surface area contributed by atoms with Crippen molar-refractivity contribution in [3.63, 3.8) is 0 Å². The van der Waals surface area contributed by atoms with E-state index in [1.165, 1.54) is 12.8 Å². The molecular formula is C14H18N4O. The number of anilines is 1. The molecule has 2 N–H and O–H groups in total. The van der Waals surface area contributed by atoms with E-state index < -0.39 is 0 Å². The molecule has 1 aliphatic rings. The van der Waals surface area contributed by atoms with E-state index in [1.54, 1.807) is 18.5 Å². The minimum atomic E-state index is 0.428. The van der Waals surface area contributed by atoms with E-state index in [1.807, 2.05) is 0 Å². The van der Waals surface area contributed by atoms with Crippen LogP contribution in [0.2, 0.25) is 0 Å². The molecule has 0 aromatic carbocycles. The van der Waals surface area contributed by atoms with Crippen LogP contribution in [0.15, 0.2) is 23.0 Å². The molecule has 0 bridgehead atoms. The standard InChI is InChI=1S/C14H18N4O/c1-9-2-4-10(5-3-9)13-17-14(19-18-13)11-6-7-16-8-12(11)15/h6-10H,2-5,15H2,1H3. The van der Waals surface area contributed by atoms with Gasteiger partial charge in [0.2, 0.25) is 0 Å². The summed E-state index contributed by atoms with van der Waals surface area (Å²) in [5.74, 6) is 2.56. The minimum Gasteiger partial charge on any atom is -0.397 e. The fourth-order valence-corrected chi connectivity index (χ4v) is 2.63. The molecular weight excluding hydrogens is 240 g/mol. The Balaban J connectivity index is 1.82. The Morgan fingerprint density at radius 2 is 2.05 bits per heavy atom. The third-order valence-electron chi connectivity index (χ3n) is 3.91. The second-order valence-electron chi connectivity index (χ2n) is 5.38. The number of nitrogen functional groups attached to an aromatic ring is 1. The lowest BCUT2D eigenvalue weighted by Gasteiger charge is -2.23. The van der Waals surface area contributed by atoms with E-state index in [0.29, 0.717) is 17.5 Å². The second-order valence-corrected chi connectivity index (χ2v) is 5.38. The molecule has 0 radical (unpaired) electrons. The van der Waals surface area contributed by atoms with Gasteiger partial charge in [-0.3, -0.25) is 4.98 Å². The topological polar surface area (TPSA) is 77.8 Å². The largest absolute Gasteiger partial charge is 0.397 e. The van der Waals surface area contributed by atoms with Crippen LogP contribution in [0.5, 0.6) is 0 Å². The maximum absolute atomic E-state index is 5.87. The third-order valence-corrected chi connectivity index (χ3v) is 3.91. The number of hydrogen-bond acceptors (Lipinski definition) is 5. The molecule has 1 fully saturated rings. The first kappa shape index (κ1) is 12.1. The van der Waals surface area contributed by atoms with Crippen LogP contribution in [0.4, 0.5) is 5.69 Å². The zero-order chi connectivity index (χ0) is 13.2. The fourth-order valence-electron chi connectivity index (χ4n) is 2.63. The summed E-state index contributed by atoms with van der Waals surface area (Å²) in [7, 11) is 0. The lowest BCUT2D eigenvalue weighted by atomic mass is 9.83. The molecule has 1 saturated carbocycles. The summed E-state index contributed by atoms with van der Waals surface area (Å²) in [4.78, 5) is 8.47. The molecule has 0 aliphatic heterocycles. The molecule has 0 atom stereocenters. The van der Waals surface area contributed by atoms with Gasteiger partial charge in [0.25, 0.3) is 5.89 Å². The van der Waals surface area contributed by atoms with Crippen LogP contribution in [0, 0.1) is 5.92 Å². The first-order chi connectivity index (χ1) is 9.24. The van der Waals surface area contributed by atoms with Crippen LogP contribution in [0.3, 0.4) is 0 Å². The van der Waals surface area contributed by atoms with Crippen molar-refractivity contribution < 1.29 is 4.52 Å². The molecule has 0 unspecified atom stereocenters. The molecule has 1 aliphatic carbocycles. The smallest absolute Gasteiger partial charge is 0.260 e. The van der Waals surface area contributed by atoms with Gasteiger partial charge in [-0.25, -0.2) is 0 Å². The van der Waals surface area contributed by atoms with Gasteiger partial charge in [-0.2, -0.15) is 4.98 Å². The lowest BCUT2D eigenvalue weighted by Crippen LogP contribution is -2.11. The Morgan fingerprint density at radius 1 is 1.26 bits per heavy atom. The van der Waals surface area contributed by atoms with Crippen molar-refractivity contribution in [1.29, 1.82) is 0 Å². The minimum absolute atomic E-state index is 0.428. The molecule has 0 amide bonds. The highest BCUT2D eigenvalue weighted by atomic mass is 16.5. The summed E-state index contributed by atoms with van der Waals surface area (Å²) in [6.45, 7) is 2.30. The molecule has 100 valence electrons. The lowest BCUT2D eigenvalue weighted by molar-refractivity contribution is 0.329. The molecule has 2 aromatic heterocycles. The number of aromatic nitrogens is 3. The number of nitrogens with two attached hydrogens (primary N) is 1. The van der Waals surface area contributed by atoms with Gasteiger partial charge in [0.1, 0.15) is 0 Å². The summed E-state index contributed by atoms with van der Waals surface area (Å²) in [5.41, 5.74) is 7.19. The predicted octanol–water partition coefficient (Wildman–Crippen LogP) is 3.01. The van der Waals surface area contributed by atoms with Crippen molar-refractivity contribution in [2.24, 2.45) is 5.92 Å². The van der Waals surface area contributed by atoms with Crippen molar-refractivity contribution in [2.75, 3.05) is 5.73 Å². The monoisotopic (exact) mass is 258 g/mol. The molecule has 3 rings (SSSR count). The summed E-state index contributed by atoms with van der Waals surface area (Å²) < 4.78 is 5.34. The van der Waals surface area contributed by atoms with Crippen LogP contribution >= 0.6 is 0 Å². The SMILES string of the molecule is CC1CCC(c2noc(-c3ccncc3N)n2)CC1. The number of pyridine rings is 1. The van der Waals surface area contributed by atoms with E-state index in [-0.39, 0.29) is 0 Å². The van der Waals surface area contributed by atoms with Crippen LogP contribution in [-0.2, 0) is 0 Å². The summed E-state index contributed by atoms with van der Waals surface area (Å²) in [6, 6.07) is 1.80. The highest BCUT2D eigenvalue weighted by Crippen LogP contribution is 2.35. The average molecular weight is 258 g/mol.